The van der Waals surface area contributed by atoms with Gasteiger partial charge in [-0.25, -0.2) is 0 Å². The fraction of sp³-hybridized carbons (Fsp3) is 1.00. The minimum Gasteiger partial charge on any atom is -0.285 e. The first-order chi connectivity index (χ1) is 2.94. The average molecular weight is 147 g/mol. The molecule has 0 atom stereocenters. The van der Waals surface area contributed by atoms with Gasteiger partial charge in [-0.15, -0.1) is 0 Å². The Hall–Kier alpha value is 0.910. The molecule has 0 aromatic rings. The predicted octanol–water partition coefficient (Wildman–Crippen LogP) is -0.0982. The molecule has 0 saturated heterocycles. The van der Waals surface area contributed by atoms with E-state index >= 15 is 0 Å². The Bertz CT molecular complexity index is 137. The summed E-state index contributed by atoms with van der Waals surface area (Å²) >= 11 is 0. The van der Waals surface area contributed by atoms with Gasteiger partial charge in [0.2, 0.25) is 0 Å². The van der Waals surface area contributed by atoms with Crippen LogP contribution in [0.3, 0.4) is 0 Å². The Balaban J connectivity index is 0. The first-order valence-electron chi connectivity index (χ1n) is 1.91. The molecule has 0 aliphatic heterocycles. The summed E-state index contributed by atoms with van der Waals surface area (Å²) in [7, 11) is -3.74. The maximum absolute atomic E-state index is 9.89. The van der Waals surface area contributed by atoms with E-state index in [-0.39, 0.29) is 29.6 Å². The maximum Gasteiger partial charge on any atom is 0.267 e. The minimum absolute atomic E-state index is 0. The summed E-state index contributed by atoms with van der Waals surface area (Å²) in [6, 6.07) is 0. The first kappa shape index (κ1) is 11.7. The van der Waals surface area contributed by atoms with Crippen LogP contribution in [-0.4, -0.2) is 47.8 Å². The number of hydrogen-bond donors (Lipinski definition) is 1. The van der Waals surface area contributed by atoms with Crippen molar-refractivity contribution in [1.82, 2.24) is 0 Å². The van der Waals surface area contributed by atoms with Crippen LogP contribution in [0.2, 0.25) is 0 Å². The van der Waals surface area contributed by atoms with Gasteiger partial charge in [0.15, 0.2) is 0 Å². The van der Waals surface area contributed by atoms with Gasteiger partial charge in [-0.2, -0.15) is 8.42 Å². The van der Waals surface area contributed by atoms with E-state index in [0.29, 0.717) is 0 Å². The minimum atomic E-state index is -3.74. The SMILES string of the molecule is CC(C)S(=O)(=O)O.[Na]. The van der Waals surface area contributed by atoms with Gasteiger partial charge in [-0.1, -0.05) is 0 Å². The summed E-state index contributed by atoms with van der Waals surface area (Å²) in [5, 5.41) is -0.674. The summed E-state index contributed by atoms with van der Waals surface area (Å²) in [6.45, 7) is 2.82. The fourth-order valence-electron chi connectivity index (χ4n) is 0. The molecule has 0 aromatic carbocycles. The second kappa shape index (κ2) is 3.85. The standard InChI is InChI=1S/C3H8O3S.Na/c1-3(2)7(4,5)6;/h3H,1-2H3,(H,4,5,6);. The van der Waals surface area contributed by atoms with Crippen LogP contribution in [0.4, 0.5) is 0 Å². The van der Waals surface area contributed by atoms with Crippen molar-refractivity contribution in [2.24, 2.45) is 0 Å². The molecule has 0 amide bonds. The number of rotatable bonds is 1. The van der Waals surface area contributed by atoms with E-state index in [2.05, 4.69) is 0 Å². The van der Waals surface area contributed by atoms with Crippen molar-refractivity contribution in [3.05, 3.63) is 0 Å². The van der Waals surface area contributed by atoms with Gasteiger partial charge in [0.25, 0.3) is 10.1 Å². The van der Waals surface area contributed by atoms with Crippen molar-refractivity contribution in [1.29, 1.82) is 0 Å². The molecule has 8 heavy (non-hydrogen) atoms. The molecule has 5 heteroatoms. The van der Waals surface area contributed by atoms with Crippen molar-refractivity contribution in [3.63, 3.8) is 0 Å². The van der Waals surface area contributed by atoms with Gasteiger partial charge in [-0.05, 0) is 13.8 Å². The summed E-state index contributed by atoms with van der Waals surface area (Å²) in [5.41, 5.74) is 0. The second-order valence-corrected chi connectivity index (χ2v) is 3.54. The molecule has 45 valence electrons. The van der Waals surface area contributed by atoms with Gasteiger partial charge in [0.1, 0.15) is 0 Å². The molecule has 0 fully saturated rings. The monoisotopic (exact) mass is 147 g/mol. The van der Waals surface area contributed by atoms with E-state index in [1.54, 1.807) is 0 Å². The third-order valence-electron chi connectivity index (χ3n) is 0.596. The van der Waals surface area contributed by atoms with E-state index in [1.807, 2.05) is 0 Å². The van der Waals surface area contributed by atoms with Crippen molar-refractivity contribution in [3.8, 4) is 0 Å². The quantitative estimate of drug-likeness (QED) is 0.416. The van der Waals surface area contributed by atoms with Crippen molar-refractivity contribution < 1.29 is 13.0 Å². The van der Waals surface area contributed by atoms with Crippen LogP contribution in [0.1, 0.15) is 13.8 Å². The summed E-state index contributed by atoms with van der Waals surface area (Å²) in [4.78, 5) is 0. The van der Waals surface area contributed by atoms with Gasteiger partial charge in [-0.3, -0.25) is 4.55 Å². The molecule has 3 nitrogen and oxygen atoms in total. The van der Waals surface area contributed by atoms with Crippen LogP contribution >= 0.6 is 0 Å². The third-order valence-corrected chi connectivity index (χ3v) is 1.79. The smallest absolute Gasteiger partial charge is 0.267 e. The molecule has 0 aliphatic rings. The zero-order valence-electron chi connectivity index (χ0n) is 5.25. The van der Waals surface area contributed by atoms with Gasteiger partial charge < -0.3 is 0 Å². The molecule has 0 aromatic heterocycles. The zero-order valence-corrected chi connectivity index (χ0v) is 8.07. The van der Waals surface area contributed by atoms with E-state index in [4.69, 9.17) is 4.55 Å². The average Bonchev–Trinajstić information content (AvgIpc) is 1.31. The summed E-state index contributed by atoms with van der Waals surface area (Å²) in [6.07, 6.45) is 0. The van der Waals surface area contributed by atoms with E-state index < -0.39 is 15.4 Å². The van der Waals surface area contributed by atoms with Gasteiger partial charge >= 0.3 is 0 Å². The van der Waals surface area contributed by atoms with Gasteiger partial charge in [0.05, 0.1) is 5.25 Å². The third kappa shape index (κ3) is 5.05. The van der Waals surface area contributed by atoms with Crippen molar-refractivity contribution in [2.75, 3.05) is 0 Å². The molecule has 0 bridgehead atoms. The molecule has 1 radical (unpaired) electrons. The Morgan fingerprint density at radius 2 is 1.50 bits per heavy atom. The zero-order chi connectivity index (χ0) is 6.08. The maximum atomic E-state index is 9.89. The van der Waals surface area contributed by atoms with Crippen LogP contribution < -0.4 is 0 Å². The first-order valence-corrected chi connectivity index (χ1v) is 3.41. The largest absolute Gasteiger partial charge is 0.285 e. The Morgan fingerprint density at radius 1 is 1.38 bits per heavy atom. The molecule has 1 N–H and O–H groups in total. The van der Waals surface area contributed by atoms with E-state index in [1.165, 1.54) is 13.8 Å². The number of hydrogen-bond acceptors (Lipinski definition) is 2. The van der Waals surface area contributed by atoms with Crippen LogP contribution in [0.25, 0.3) is 0 Å². The van der Waals surface area contributed by atoms with E-state index in [9.17, 15) is 8.42 Å². The van der Waals surface area contributed by atoms with Crippen LogP contribution in [0.15, 0.2) is 0 Å². The van der Waals surface area contributed by atoms with Crippen LogP contribution in [0.5, 0.6) is 0 Å². The molecule has 0 saturated carbocycles. The molecular weight excluding hydrogens is 139 g/mol. The second-order valence-electron chi connectivity index (χ2n) is 1.56. The molecular formula is C3H8NaO3S. The van der Waals surface area contributed by atoms with Crippen LogP contribution in [-0.2, 0) is 10.1 Å². The molecule has 0 unspecified atom stereocenters. The molecule has 0 rings (SSSR count). The Morgan fingerprint density at radius 3 is 1.50 bits per heavy atom. The fourth-order valence-corrected chi connectivity index (χ4v) is 0. The normalized spacial score (nSPS) is 11.0. The van der Waals surface area contributed by atoms with Crippen LogP contribution in [0, 0.1) is 0 Å². The Kier molecular flexibility index (Phi) is 5.61. The van der Waals surface area contributed by atoms with Crippen molar-refractivity contribution in [2.45, 2.75) is 19.1 Å². The summed E-state index contributed by atoms with van der Waals surface area (Å²) < 4.78 is 27.8. The predicted molar refractivity (Wildman–Crippen MR) is 32.4 cm³/mol. The Labute approximate surface area is 71.5 Å². The molecule has 0 heterocycles. The topological polar surface area (TPSA) is 54.4 Å². The van der Waals surface area contributed by atoms with Gasteiger partial charge in [0, 0.05) is 29.6 Å². The van der Waals surface area contributed by atoms with E-state index in [0.717, 1.165) is 0 Å². The summed E-state index contributed by atoms with van der Waals surface area (Å²) in [5.74, 6) is 0. The molecule has 0 spiro atoms. The molecule has 0 aliphatic carbocycles. The van der Waals surface area contributed by atoms with Crippen molar-refractivity contribution >= 4 is 39.7 Å².